The first-order chi connectivity index (χ1) is 21.0. The summed E-state index contributed by atoms with van der Waals surface area (Å²) in [5.41, 5.74) is 13.2. The van der Waals surface area contributed by atoms with Crippen molar-refractivity contribution in [2.24, 2.45) is 0 Å². The van der Waals surface area contributed by atoms with Crippen molar-refractivity contribution in [3.8, 4) is 34.2 Å². The molecule has 2 aromatic carbocycles. The van der Waals surface area contributed by atoms with Gasteiger partial charge < -0.3 is 16.2 Å². The maximum Gasteiger partial charge on any atom is 0.251 e. The first-order valence-corrected chi connectivity index (χ1v) is 13.7. The number of nitrogens with zero attached hydrogens (tertiary/aromatic N) is 5. The molecule has 0 bridgehead atoms. The molecule has 4 aromatic heterocycles. The maximum absolute atomic E-state index is 13.0. The van der Waals surface area contributed by atoms with Crippen LogP contribution in [0.1, 0.15) is 44.3 Å². The molecular formula is C33H25N7O3. The Morgan fingerprint density at radius 3 is 2.65 bits per heavy atom. The molecule has 1 atom stereocenters. The Bertz CT molecular complexity index is 2040. The van der Waals surface area contributed by atoms with Gasteiger partial charge in [0.1, 0.15) is 17.1 Å². The number of phenols is 1. The number of aryl methyl sites for hydroxylation is 1. The van der Waals surface area contributed by atoms with Crippen molar-refractivity contribution in [3.63, 3.8) is 0 Å². The van der Waals surface area contributed by atoms with Gasteiger partial charge in [0.25, 0.3) is 5.91 Å². The van der Waals surface area contributed by atoms with Gasteiger partial charge >= 0.3 is 0 Å². The van der Waals surface area contributed by atoms with Gasteiger partial charge in [-0.1, -0.05) is 12.1 Å². The number of rotatable bonds is 6. The fraction of sp³-hybridized carbons (Fsp3) is 0.0909. The van der Waals surface area contributed by atoms with E-state index in [1.807, 2.05) is 59.2 Å². The molecule has 6 aromatic rings. The maximum atomic E-state index is 13.0. The van der Waals surface area contributed by atoms with Crippen molar-refractivity contribution >= 4 is 29.2 Å². The molecule has 1 aliphatic rings. The molecule has 0 aliphatic heterocycles. The number of hydrogen-bond acceptors (Lipinski definition) is 8. The number of imidazole rings is 1. The summed E-state index contributed by atoms with van der Waals surface area (Å²) in [5, 5.41) is 12.9. The number of aromatic hydroxyl groups is 1. The summed E-state index contributed by atoms with van der Waals surface area (Å²) >= 11 is 0. The van der Waals surface area contributed by atoms with Crippen LogP contribution < -0.4 is 11.1 Å². The number of pyridine rings is 3. The number of nitrogens with one attached hydrogen (secondary N) is 1. The molecule has 0 saturated heterocycles. The third-order valence-corrected chi connectivity index (χ3v) is 7.70. The molecule has 0 spiro atoms. The summed E-state index contributed by atoms with van der Waals surface area (Å²) < 4.78 is 1.98. The van der Waals surface area contributed by atoms with Crippen LogP contribution in [0.2, 0.25) is 0 Å². The lowest BCUT2D eigenvalue weighted by atomic mass is 10.1. The lowest BCUT2D eigenvalue weighted by Crippen LogP contribution is -2.27. The first kappa shape index (κ1) is 26.0. The second-order valence-electron chi connectivity index (χ2n) is 10.3. The van der Waals surface area contributed by atoms with Gasteiger partial charge in [-0.3, -0.25) is 19.1 Å². The summed E-state index contributed by atoms with van der Waals surface area (Å²) in [7, 11) is 0. The predicted molar refractivity (Wildman–Crippen MR) is 162 cm³/mol. The standard InChI is InChI=1S/C33H25N7O3/c34-30-24(4-3-15-36-30)31-38-28-12-11-27(26-5-1-2-14-35-26)37-32(28)40(31)22-8-9-23-19(17-22)6-10-25(23)39-33(43)20-7-13-29(42)21(16-20)18-41/h1-5,7-9,11-18,25,42H,6,10H2,(H2,34,36)(H,39,43)/t25-/m0/s1. The van der Waals surface area contributed by atoms with Crippen molar-refractivity contribution in [1.82, 2.24) is 29.8 Å². The molecule has 0 saturated carbocycles. The van der Waals surface area contributed by atoms with Gasteiger partial charge in [-0.05, 0) is 90.7 Å². The van der Waals surface area contributed by atoms with Crippen LogP contribution in [-0.2, 0) is 6.42 Å². The second kappa shape index (κ2) is 10.5. The fourth-order valence-electron chi connectivity index (χ4n) is 5.57. The molecule has 1 aliphatic carbocycles. The summed E-state index contributed by atoms with van der Waals surface area (Å²) in [4.78, 5) is 42.9. The predicted octanol–water partition coefficient (Wildman–Crippen LogP) is 5.06. The minimum Gasteiger partial charge on any atom is -0.507 e. The van der Waals surface area contributed by atoms with E-state index < -0.39 is 0 Å². The van der Waals surface area contributed by atoms with E-state index in [2.05, 4.69) is 21.4 Å². The zero-order chi connectivity index (χ0) is 29.5. The number of aromatic nitrogens is 5. The number of amides is 1. The molecule has 4 N–H and O–H groups in total. The van der Waals surface area contributed by atoms with Crippen molar-refractivity contribution < 1.29 is 14.7 Å². The van der Waals surface area contributed by atoms with Crippen LogP contribution in [0.5, 0.6) is 5.75 Å². The largest absolute Gasteiger partial charge is 0.507 e. The van der Waals surface area contributed by atoms with Crippen LogP contribution in [-0.4, -0.2) is 41.8 Å². The topological polar surface area (TPSA) is 149 Å². The van der Waals surface area contributed by atoms with Gasteiger partial charge in [0, 0.05) is 23.6 Å². The highest BCUT2D eigenvalue weighted by Crippen LogP contribution is 2.36. The summed E-state index contributed by atoms with van der Waals surface area (Å²) in [6.07, 6.45) is 5.38. The van der Waals surface area contributed by atoms with Gasteiger partial charge in [-0.2, -0.15) is 0 Å². The highest BCUT2D eigenvalue weighted by Gasteiger charge is 2.26. The number of anilines is 1. The zero-order valence-corrected chi connectivity index (χ0v) is 22.8. The Morgan fingerprint density at radius 2 is 1.84 bits per heavy atom. The second-order valence-corrected chi connectivity index (χ2v) is 10.3. The van der Waals surface area contributed by atoms with Gasteiger partial charge in [-0.15, -0.1) is 0 Å². The Kier molecular flexibility index (Phi) is 6.35. The van der Waals surface area contributed by atoms with Crippen LogP contribution >= 0.6 is 0 Å². The molecule has 10 nitrogen and oxygen atoms in total. The Morgan fingerprint density at radius 1 is 0.953 bits per heavy atom. The van der Waals surface area contributed by atoms with Gasteiger partial charge in [-0.25, -0.2) is 15.0 Å². The van der Waals surface area contributed by atoms with Gasteiger partial charge in [0.2, 0.25) is 0 Å². The number of hydrogen-bond donors (Lipinski definition) is 3. The zero-order valence-electron chi connectivity index (χ0n) is 22.8. The monoisotopic (exact) mass is 567 g/mol. The molecule has 0 radical (unpaired) electrons. The van der Waals surface area contributed by atoms with Crippen molar-refractivity contribution in [2.45, 2.75) is 18.9 Å². The van der Waals surface area contributed by atoms with E-state index >= 15 is 0 Å². The first-order valence-electron chi connectivity index (χ1n) is 13.7. The average Bonchev–Trinajstić information content (AvgIpc) is 3.62. The summed E-state index contributed by atoms with van der Waals surface area (Å²) in [6, 6.07) is 23.4. The SMILES string of the molecule is Nc1ncccc1-c1nc2ccc(-c3ccccn3)nc2n1-c1ccc2c(c1)CC[C@@H]2NC(=O)c1ccc(O)c(C=O)c1. The van der Waals surface area contributed by atoms with Gasteiger partial charge in [0.05, 0.1) is 28.6 Å². The third kappa shape index (κ3) is 4.64. The smallest absolute Gasteiger partial charge is 0.251 e. The number of phenolic OH excluding ortho intramolecular Hbond substituents is 1. The van der Waals surface area contributed by atoms with Crippen molar-refractivity contribution in [1.29, 1.82) is 0 Å². The summed E-state index contributed by atoms with van der Waals surface area (Å²) in [6.45, 7) is 0. The number of nitrogens with two attached hydrogens (primary N) is 1. The van der Waals surface area contributed by atoms with Crippen LogP contribution in [0.3, 0.4) is 0 Å². The molecule has 10 heteroatoms. The number of nitrogen functional groups attached to an aromatic ring is 1. The molecule has 0 fully saturated rings. The number of carbonyl (C=O) groups excluding carboxylic acids is 2. The molecule has 1 amide bonds. The average molecular weight is 568 g/mol. The molecule has 4 heterocycles. The molecule has 210 valence electrons. The van der Waals surface area contributed by atoms with Crippen LogP contribution in [0, 0.1) is 0 Å². The van der Waals surface area contributed by atoms with Crippen LogP contribution in [0.25, 0.3) is 39.6 Å². The Labute approximate surface area is 245 Å². The van der Waals surface area contributed by atoms with E-state index in [0.717, 1.165) is 41.0 Å². The molecule has 43 heavy (non-hydrogen) atoms. The number of fused-ring (bicyclic) bond motifs is 2. The van der Waals surface area contributed by atoms with E-state index in [0.29, 0.717) is 40.2 Å². The van der Waals surface area contributed by atoms with Crippen molar-refractivity contribution in [2.75, 3.05) is 5.73 Å². The Balaban J connectivity index is 1.29. The minimum atomic E-state index is -0.314. The van der Waals surface area contributed by atoms with E-state index in [1.54, 1.807) is 12.4 Å². The molecular weight excluding hydrogens is 542 g/mol. The fourth-order valence-corrected chi connectivity index (χ4v) is 5.57. The molecule has 0 unspecified atom stereocenters. The van der Waals surface area contributed by atoms with E-state index in [1.165, 1.54) is 18.2 Å². The third-order valence-electron chi connectivity index (χ3n) is 7.70. The Hall–Kier alpha value is -5.90. The van der Waals surface area contributed by atoms with Crippen molar-refractivity contribution in [3.05, 3.63) is 114 Å². The lowest BCUT2D eigenvalue weighted by molar-refractivity contribution is 0.0936. The van der Waals surface area contributed by atoms with E-state index in [9.17, 15) is 14.7 Å². The molecule has 7 rings (SSSR count). The highest BCUT2D eigenvalue weighted by atomic mass is 16.3. The lowest BCUT2D eigenvalue weighted by Gasteiger charge is -2.16. The summed E-state index contributed by atoms with van der Waals surface area (Å²) in [5.74, 6) is 0.505. The van der Waals surface area contributed by atoms with Gasteiger partial charge in [0.15, 0.2) is 17.8 Å². The number of aldehydes is 1. The van der Waals surface area contributed by atoms with E-state index in [-0.39, 0.29) is 23.3 Å². The normalized spacial score (nSPS) is 14.0. The number of benzene rings is 2. The minimum absolute atomic E-state index is 0.0709. The quantitative estimate of drug-likeness (QED) is 0.237. The number of carbonyl (C=O) groups is 2. The van der Waals surface area contributed by atoms with E-state index in [4.69, 9.17) is 15.7 Å². The highest BCUT2D eigenvalue weighted by molar-refractivity contribution is 5.96. The van der Waals surface area contributed by atoms with Crippen LogP contribution in [0.4, 0.5) is 5.82 Å². The van der Waals surface area contributed by atoms with Crippen LogP contribution in [0.15, 0.2) is 91.3 Å².